The van der Waals surface area contributed by atoms with Gasteiger partial charge in [-0.05, 0) is 30.7 Å². The van der Waals surface area contributed by atoms with Crippen molar-refractivity contribution in [2.45, 2.75) is 12.8 Å². The first-order chi connectivity index (χ1) is 10.1. The monoisotopic (exact) mass is 287 g/mol. The Morgan fingerprint density at radius 3 is 2.90 bits per heavy atom. The molecule has 2 aromatic rings. The minimum atomic E-state index is -0.342. The largest absolute Gasteiger partial charge is 0.497 e. The molecule has 110 valence electrons. The van der Waals surface area contributed by atoms with Crippen molar-refractivity contribution in [3.05, 3.63) is 29.8 Å². The first kappa shape index (κ1) is 14.8. The molecular weight excluding hydrogens is 270 g/mol. The van der Waals surface area contributed by atoms with Gasteiger partial charge < -0.3 is 15.8 Å². The summed E-state index contributed by atoms with van der Waals surface area (Å²) >= 11 is 0. The van der Waals surface area contributed by atoms with E-state index < -0.39 is 0 Å². The molecule has 0 aliphatic rings. The van der Waals surface area contributed by atoms with Gasteiger partial charge in [0, 0.05) is 18.4 Å². The number of aldehydes is 1. The number of hydrogen-bond acceptors (Lipinski definition) is 5. The number of primary amides is 1. The van der Waals surface area contributed by atoms with E-state index in [0.29, 0.717) is 36.5 Å². The Kier molecular flexibility index (Phi) is 4.71. The molecular formula is C15H17N3O3. The maximum absolute atomic E-state index is 11.2. The Balaban J connectivity index is 2.22. The van der Waals surface area contributed by atoms with E-state index in [1.54, 1.807) is 13.2 Å². The summed E-state index contributed by atoms with van der Waals surface area (Å²) in [7, 11) is 1.59. The number of carbonyl (C=O) groups is 2. The van der Waals surface area contributed by atoms with Crippen molar-refractivity contribution in [3.8, 4) is 5.75 Å². The number of anilines is 1. The zero-order valence-corrected chi connectivity index (χ0v) is 11.8. The van der Waals surface area contributed by atoms with Crippen LogP contribution in [0.3, 0.4) is 0 Å². The van der Waals surface area contributed by atoms with Crippen LogP contribution in [0.4, 0.5) is 5.82 Å². The Morgan fingerprint density at radius 1 is 1.43 bits per heavy atom. The van der Waals surface area contributed by atoms with E-state index >= 15 is 0 Å². The molecule has 0 spiro atoms. The Morgan fingerprint density at radius 2 is 2.24 bits per heavy atom. The fourth-order valence-electron chi connectivity index (χ4n) is 2.00. The van der Waals surface area contributed by atoms with Crippen LogP contribution in [0.1, 0.15) is 23.2 Å². The van der Waals surface area contributed by atoms with Crippen LogP contribution in [0.5, 0.6) is 5.75 Å². The highest BCUT2D eigenvalue weighted by Gasteiger charge is 2.07. The van der Waals surface area contributed by atoms with Crippen LogP contribution in [0, 0.1) is 0 Å². The number of amides is 1. The highest BCUT2D eigenvalue weighted by Crippen LogP contribution is 2.23. The quantitative estimate of drug-likeness (QED) is 0.597. The van der Waals surface area contributed by atoms with Gasteiger partial charge in [-0.25, -0.2) is 4.98 Å². The predicted octanol–water partition coefficient (Wildman–Crippen LogP) is 1.73. The first-order valence-electron chi connectivity index (χ1n) is 6.60. The molecule has 2 rings (SSSR count). The smallest absolute Gasteiger partial charge is 0.217 e. The second-order valence-corrected chi connectivity index (χ2v) is 4.60. The third-order valence-electron chi connectivity index (χ3n) is 3.07. The molecule has 1 aromatic carbocycles. The summed E-state index contributed by atoms with van der Waals surface area (Å²) in [6, 6.07) is 7.23. The zero-order chi connectivity index (χ0) is 15.2. The van der Waals surface area contributed by atoms with Gasteiger partial charge in [-0.3, -0.25) is 9.59 Å². The molecule has 0 fully saturated rings. The highest BCUT2D eigenvalue weighted by atomic mass is 16.5. The lowest BCUT2D eigenvalue weighted by atomic mass is 10.1. The van der Waals surface area contributed by atoms with Crippen molar-refractivity contribution in [1.29, 1.82) is 0 Å². The van der Waals surface area contributed by atoms with E-state index in [1.807, 2.05) is 18.2 Å². The van der Waals surface area contributed by atoms with E-state index in [1.165, 1.54) is 0 Å². The summed E-state index contributed by atoms with van der Waals surface area (Å²) in [5, 5.41) is 3.89. The predicted molar refractivity (Wildman–Crippen MR) is 80.6 cm³/mol. The van der Waals surface area contributed by atoms with Crippen LogP contribution < -0.4 is 15.8 Å². The highest BCUT2D eigenvalue weighted by molar-refractivity contribution is 5.92. The number of fused-ring (bicyclic) bond motifs is 1. The molecule has 1 aromatic heterocycles. The molecule has 0 radical (unpaired) electrons. The van der Waals surface area contributed by atoms with E-state index in [0.717, 1.165) is 17.2 Å². The first-order valence-corrected chi connectivity index (χ1v) is 6.60. The van der Waals surface area contributed by atoms with Gasteiger partial charge in [-0.2, -0.15) is 0 Å². The van der Waals surface area contributed by atoms with Gasteiger partial charge in [0.05, 0.1) is 18.2 Å². The summed E-state index contributed by atoms with van der Waals surface area (Å²) < 4.78 is 5.15. The average Bonchev–Trinajstić information content (AvgIpc) is 2.49. The number of methoxy groups -OCH3 is 1. The molecule has 0 saturated heterocycles. The minimum Gasteiger partial charge on any atom is -0.497 e. The summed E-state index contributed by atoms with van der Waals surface area (Å²) in [6.45, 7) is 0.526. The van der Waals surface area contributed by atoms with Gasteiger partial charge >= 0.3 is 0 Å². The van der Waals surface area contributed by atoms with Crippen molar-refractivity contribution in [2.24, 2.45) is 5.73 Å². The van der Waals surface area contributed by atoms with Crippen molar-refractivity contribution >= 4 is 28.9 Å². The molecule has 1 heterocycles. The van der Waals surface area contributed by atoms with Gasteiger partial charge in [0.25, 0.3) is 0 Å². The molecule has 0 saturated carbocycles. The molecule has 21 heavy (non-hydrogen) atoms. The summed E-state index contributed by atoms with van der Waals surface area (Å²) in [5.41, 5.74) is 6.31. The van der Waals surface area contributed by atoms with Gasteiger partial charge in [-0.1, -0.05) is 0 Å². The van der Waals surface area contributed by atoms with E-state index in [9.17, 15) is 9.59 Å². The summed E-state index contributed by atoms with van der Waals surface area (Å²) in [4.78, 5) is 26.3. The number of carbonyl (C=O) groups excluding carboxylic acids is 2. The molecule has 0 aliphatic carbocycles. The molecule has 3 N–H and O–H groups in total. The van der Waals surface area contributed by atoms with E-state index in [4.69, 9.17) is 10.5 Å². The Hall–Kier alpha value is -2.63. The molecule has 0 bridgehead atoms. The minimum absolute atomic E-state index is 0.300. The number of hydrogen-bond donors (Lipinski definition) is 2. The maximum Gasteiger partial charge on any atom is 0.217 e. The normalized spacial score (nSPS) is 10.3. The van der Waals surface area contributed by atoms with Crippen LogP contribution in [-0.4, -0.2) is 30.8 Å². The number of aromatic nitrogens is 1. The molecule has 1 amide bonds. The van der Waals surface area contributed by atoms with Crippen molar-refractivity contribution in [1.82, 2.24) is 4.98 Å². The number of pyridine rings is 1. The van der Waals surface area contributed by atoms with Gasteiger partial charge in [-0.15, -0.1) is 0 Å². The third-order valence-corrected chi connectivity index (χ3v) is 3.07. The second kappa shape index (κ2) is 6.69. The van der Waals surface area contributed by atoms with Crippen molar-refractivity contribution in [3.63, 3.8) is 0 Å². The van der Waals surface area contributed by atoms with Crippen molar-refractivity contribution < 1.29 is 14.3 Å². The topological polar surface area (TPSA) is 94.3 Å². The standard InChI is InChI=1S/C15H17N3O3/c1-21-12-4-5-13-10(8-12)7-11(9-19)15(18-13)17-6-2-3-14(16)20/h4-5,7-9H,2-3,6H2,1H3,(H2,16,20)(H,17,18). The SMILES string of the molecule is COc1ccc2nc(NCCCC(N)=O)c(C=O)cc2c1. The van der Waals surface area contributed by atoms with Gasteiger partial charge in [0.15, 0.2) is 6.29 Å². The third kappa shape index (κ3) is 3.68. The average molecular weight is 287 g/mol. The van der Waals surface area contributed by atoms with Crippen LogP contribution >= 0.6 is 0 Å². The van der Waals surface area contributed by atoms with Crippen LogP contribution in [0.2, 0.25) is 0 Å². The van der Waals surface area contributed by atoms with Crippen LogP contribution in [0.15, 0.2) is 24.3 Å². The lowest BCUT2D eigenvalue weighted by Crippen LogP contribution is -2.13. The number of ether oxygens (including phenoxy) is 1. The number of nitrogens with one attached hydrogen (secondary N) is 1. The Labute approximate surface area is 122 Å². The second-order valence-electron chi connectivity index (χ2n) is 4.60. The molecule has 0 atom stereocenters. The molecule has 6 heteroatoms. The molecule has 0 unspecified atom stereocenters. The van der Waals surface area contributed by atoms with Gasteiger partial charge in [0.2, 0.25) is 5.91 Å². The zero-order valence-electron chi connectivity index (χ0n) is 11.8. The van der Waals surface area contributed by atoms with Crippen LogP contribution in [0.25, 0.3) is 10.9 Å². The molecule has 6 nitrogen and oxygen atoms in total. The lowest BCUT2D eigenvalue weighted by molar-refractivity contribution is -0.118. The van der Waals surface area contributed by atoms with Gasteiger partial charge in [0.1, 0.15) is 11.6 Å². The van der Waals surface area contributed by atoms with E-state index in [-0.39, 0.29) is 5.91 Å². The lowest BCUT2D eigenvalue weighted by Gasteiger charge is -2.09. The maximum atomic E-state index is 11.2. The molecule has 0 aliphatic heterocycles. The fraction of sp³-hybridized carbons (Fsp3) is 0.267. The summed E-state index contributed by atoms with van der Waals surface area (Å²) in [5.74, 6) is 0.876. The van der Waals surface area contributed by atoms with Crippen LogP contribution in [-0.2, 0) is 4.79 Å². The Bertz CT molecular complexity index is 671. The fourth-order valence-corrected chi connectivity index (χ4v) is 2.00. The van der Waals surface area contributed by atoms with E-state index in [2.05, 4.69) is 10.3 Å². The number of benzene rings is 1. The number of rotatable bonds is 7. The summed E-state index contributed by atoms with van der Waals surface area (Å²) in [6.07, 6.45) is 1.65. The van der Waals surface area contributed by atoms with Crippen molar-refractivity contribution in [2.75, 3.05) is 19.0 Å². The number of nitrogens with two attached hydrogens (primary N) is 1. The number of nitrogens with zero attached hydrogens (tertiary/aromatic N) is 1.